The first kappa shape index (κ1) is 22.0. The topological polar surface area (TPSA) is 84.6 Å². The average molecular weight is 429 g/mol. The lowest BCUT2D eigenvalue weighted by molar-refractivity contribution is -0.131. The second-order valence-electron chi connectivity index (χ2n) is 7.84. The molecule has 0 N–H and O–H groups in total. The van der Waals surface area contributed by atoms with Crippen molar-refractivity contribution in [3.05, 3.63) is 58.5 Å². The number of hydrogen-bond donors (Lipinski definition) is 0. The number of amides is 1. The van der Waals surface area contributed by atoms with Crippen molar-refractivity contribution < 1.29 is 13.2 Å². The molecule has 0 bridgehead atoms. The number of carbonyl (C=O) groups is 1. The maximum atomic E-state index is 12.8. The number of rotatable bonds is 6. The number of sulfone groups is 1. The second-order valence-corrected chi connectivity index (χ2v) is 9.85. The molecule has 0 saturated heterocycles. The quantitative estimate of drug-likeness (QED) is 0.602. The van der Waals surface area contributed by atoms with Gasteiger partial charge in [-0.2, -0.15) is 5.10 Å². The minimum absolute atomic E-state index is 0.0187. The molecule has 1 amide bonds. The number of hydrogen-bond acceptors (Lipinski definition) is 5. The van der Waals surface area contributed by atoms with Gasteiger partial charge in [0, 0.05) is 37.2 Å². The predicted octanol–water partition coefficient (Wildman–Crippen LogP) is 3.21. The molecule has 0 radical (unpaired) electrons. The van der Waals surface area contributed by atoms with Crippen LogP contribution in [0.15, 0.2) is 35.2 Å². The second kappa shape index (κ2) is 8.18. The van der Waals surface area contributed by atoms with E-state index < -0.39 is 9.84 Å². The number of benzene rings is 1. The Bertz CT molecular complexity index is 1200. The lowest BCUT2D eigenvalue weighted by Gasteiger charge is -2.26. The molecule has 2 heterocycles. The summed E-state index contributed by atoms with van der Waals surface area (Å²) in [5, 5.41) is 4.48. The first-order chi connectivity index (χ1) is 14.0. The van der Waals surface area contributed by atoms with E-state index >= 15 is 0 Å². The fraction of sp³-hybridized carbons (Fsp3) is 0.409. The molecule has 30 heavy (non-hydrogen) atoms. The molecule has 0 aliphatic carbocycles. The molecule has 0 saturated carbocycles. The summed E-state index contributed by atoms with van der Waals surface area (Å²) in [6.07, 6.45) is 2.13. The van der Waals surface area contributed by atoms with Crippen LogP contribution in [0.3, 0.4) is 0 Å². The summed E-state index contributed by atoms with van der Waals surface area (Å²) in [5.74, 6) is 0.0187. The fourth-order valence-electron chi connectivity index (χ4n) is 3.64. The van der Waals surface area contributed by atoms with E-state index in [0.717, 1.165) is 33.9 Å². The van der Waals surface area contributed by atoms with E-state index in [1.54, 1.807) is 36.2 Å². The zero-order valence-corrected chi connectivity index (χ0v) is 19.1. The molecule has 0 fully saturated rings. The molecule has 3 rings (SSSR count). The van der Waals surface area contributed by atoms with E-state index in [-0.39, 0.29) is 16.8 Å². The Morgan fingerprint density at radius 1 is 1.17 bits per heavy atom. The molecule has 0 aliphatic rings. The average Bonchev–Trinajstić information content (AvgIpc) is 3.06. The molecule has 0 spiro atoms. The van der Waals surface area contributed by atoms with Gasteiger partial charge in [0.2, 0.25) is 5.91 Å². The third-order valence-electron chi connectivity index (χ3n) is 5.64. The Morgan fingerprint density at radius 2 is 1.80 bits per heavy atom. The standard InChI is InChI=1S/C22H28N4O3S/c1-14-13-21-23-15(2)20(17(4)26(21)24-14)11-12-22(27)25(5)16(3)18-7-9-19(10-8-18)30(6,28)29/h7-10,13,16H,11-12H2,1-6H3. The van der Waals surface area contributed by atoms with Crippen molar-refractivity contribution >= 4 is 21.4 Å². The van der Waals surface area contributed by atoms with Gasteiger partial charge in [0.25, 0.3) is 0 Å². The molecular formula is C22H28N4O3S. The van der Waals surface area contributed by atoms with Crippen molar-refractivity contribution in [3.63, 3.8) is 0 Å². The molecule has 7 nitrogen and oxygen atoms in total. The van der Waals surface area contributed by atoms with Crippen LogP contribution >= 0.6 is 0 Å². The molecule has 160 valence electrons. The summed E-state index contributed by atoms with van der Waals surface area (Å²) in [6.45, 7) is 7.84. The Labute approximate surface area is 177 Å². The van der Waals surface area contributed by atoms with Crippen molar-refractivity contribution in [2.75, 3.05) is 13.3 Å². The molecular weight excluding hydrogens is 400 g/mol. The van der Waals surface area contributed by atoms with Gasteiger partial charge in [0.1, 0.15) is 0 Å². The van der Waals surface area contributed by atoms with Crippen LogP contribution in [0.4, 0.5) is 0 Å². The summed E-state index contributed by atoms with van der Waals surface area (Å²) < 4.78 is 25.1. The Morgan fingerprint density at radius 3 is 2.40 bits per heavy atom. The van der Waals surface area contributed by atoms with Crippen LogP contribution in [-0.2, 0) is 21.1 Å². The first-order valence-electron chi connectivity index (χ1n) is 9.87. The van der Waals surface area contributed by atoms with Crippen molar-refractivity contribution in [1.29, 1.82) is 0 Å². The van der Waals surface area contributed by atoms with Gasteiger partial charge < -0.3 is 4.90 Å². The Kier molecular flexibility index (Phi) is 5.99. The van der Waals surface area contributed by atoms with Crippen LogP contribution in [0.5, 0.6) is 0 Å². The zero-order chi connectivity index (χ0) is 22.2. The molecule has 1 unspecified atom stereocenters. The first-order valence-corrected chi connectivity index (χ1v) is 11.8. The summed E-state index contributed by atoms with van der Waals surface area (Å²) >= 11 is 0. The van der Waals surface area contributed by atoms with Crippen LogP contribution in [0.2, 0.25) is 0 Å². The maximum absolute atomic E-state index is 12.8. The van der Waals surface area contributed by atoms with Crippen LogP contribution in [0.25, 0.3) is 5.65 Å². The summed E-state index contributed by atoms with van der Waals surface area (Å²) in [7, 11) is -1.46. The molecule has 0 aliphatic heterocycles. The van der Waals surface area contributed by atoms with E-state index in [2.05, 4.69) is 10.1 Å². The third-order valence-corrected chi connectivity index (χ3v) is 6.77. The van der Waals surface area contributed by atoms with Gasteiger partial charge in [-0.05, 0) is 57.4 Å². The number of aryl methyl sites for hydroxylation is 3. The maximum Gasteiger partial charge on any atom is 0.223 e. The highest BCUT2D eigenvalue weighted by Crippen LogP contribution is 2.23. The molecule has 1 atom stereocenters. The van der Waals surface area contributed by atoms with Gasteiger partial charge in [-0.25, -0.2) is 17.9 Å². The van der Waals surface area contributed by atoms with Crippen molar-refractivity contribution in [1.82, 2.24) is 19.5 Å². The van der Waals surface area contributed by atoms with Gasteiger partial charge in [-0.3, -0.25) is 4.79 Å². The van der Waals surface area contributed by atoms with E-state index in [9.17, 15) is 13.2 Å². The van der Waals surface area contributed by atoms with E-state index in [0.29, 0.717) is 12.8 Å². The zero-order valence-electron chi connectivity index (χ0n) is 18.3. The SMILES string of the molecule is Cc1cc2nc(C)c(CCC(=O)N(C)C(C)c3ccc(S(C)(=O)=O)cc3)c(C)n2n1. The van der Waals surface area contributed by atoms with Gasteiger partial charge in [-0.15, -0.1) is 0 Å². The van der Waals surface area contributed by atoms with Crippen molar-refractivity contribution in [3.8, 4) is 0 Å². The largest absolute Gasteiger partial charge is 0.339 e. The van der Waals surface area contributed by atoms with Crippen molar-refractivity contribution in [2.45, 2.75) is 51.5 Å². The number of fused-ring (bicyclic) bond motifs is 1. The van der Waals surface area contributed by atoms with Crippen LogP contribution in [0.1, 0.15) is 47.6 Å². The number of carbonyl (C=O) groups excluding carboxylic acids is 1. The van der Waals surface area contributed by atoms with E-state index in [1.165, 1.54) is 6.26 Å². The van der Waals surface area contributed by atoms with Crippen LogP contribution in [-0.4, -0.2) is 47.1 Å². The van der Waals surface area contributed by atoms with Gasteiger partial charge in [0.05, 0.1) is 16.6 Å². The lowest BCUT2D eigenvalue weighted by Crippen LogP contribution is -2.30. The molecule has 2 aromatic heterocycles. The normalized spacial score (nSPS) is 12.9. The summed E-state index contributed by atoms with van der Waals surface area (Å²) in [4.78, 5) is 19.4. The summed E-state index contributed by atoms with van der Waals surface area (Å²) in [6, 6.07) is 8.47. The summed E-state index contributed by atoms with van der Waals surface area (Å²) in [5.41, 5.74) is 5.58. The minimum Gasteiger partial charge on any atom is -0.339 e. The van der Waals surface area contributed by atoms with Crippen LogP contribution in [0, 0.1) is 20.8 Å². The number of nitrogens with zero attached hydrogens (tertiary/aromatic N) is 4. The predicted molar refractivity (Wildman–Crippen MR) is 116 cm³/mol. The van der Waals surface area contributed by atoms with Gasteiger partial charge in [0.15, 0.2) is 15.5 Å². The van der Waals surface area contributed by atoms with Gasteiger partial charge in [-0.1, -0.05) is 12.1 Å². The third kappa shape index (κ3) is 4.38. The Hall–Kier alpha value is -2.74. The van der Waals surface area contributed by atoms with Crippen molar-refractivity contribution in [2.24, 2.45) is 0 Å². The molecule has 3 aromatic rings. The lowest BCUT2D eigenvalue weighted by atomic mass is 10.0. The highest BCUT2D eigenvalue weighted by atomic mass is 32.2. The van der Waals surface area contributed by atoms with Crippen LogP contribution < -0.4 is 0 Å². The Balaban J connectivity index is 1.72. The monoisotopic (exact) mass is 428 g/mol. The highest BCUT2D eigenvalue weighted by molar-refractivity contribution is 7.90. The van der Waals surface area contributed by atoms with E-state index in [4.69, 9.17) is 0 Å². The molecule has 8 heteroatoms. The smallest absolute Gasteiger partial charge is 0.223 e. The van der Waals surface area contributed by atoms with Gasteiger partial charge >= 0.3 is 0 Å². The minimum atomic E-state index is -3.24. The number of aromatic nitrogens is 3. The highest BCUT2D eigenvalue weighted by Gasteiger charge is 2.19. The van der Waals surface area contributed by atoms with E-state index in [1.807, 2.05) is 38.3 Å². The fourth-order valence-corrected chi connectivity index (χ4v) is 4.27. The molecule has 1 aromatic carbocycles.